The first-order chi connectivity index (χ1) is 12.8. The maximum absolute atomic E-state index is 13.4. The van der Waals surface area contributed by atoms with Crippen LogP contribution in [-0.2, 0) is 27.2 Å². The molecule has 1 amide bonds. The Labute approximate surface area is 160 Å². The number of fused-ring (bicyclic) bond motifs is 1. The highest BCUT2D eigenvalue weighted by atomic mass is 35.5. The summed E-state index contributed by atoms with van der Waals surface area (Å²) in [6, 6.07) is 8.85. The van der Waals surface area contributed by atoms with Crippen LogP contribution in [0.2, 0.25) is 5.02 Å². The second-order valence-electron chi connectivity index (χ2n) is 6.41. The van der Waals surface area contributed by atoms with Gasteiger partial charge in [0.2, 0.25) is 5.78 Å². The molecule has 2 aromatic rings. The maximum Gasteiger partial charge on any atom is 0.288 e. The van der Waals surface area contributed by atoms with E-state index in [9.17, 15) is 18.8 Å². The van der Waals surface area contributed by atoms with Gasteiger partial charge in [-0.3, -0.25) is 14.4 Å². The van der Waals surface area contributed by atoms with Crippen LogP contribution >= 0.6 is 11.6 Å². The molecule has 3 rings (SSSR count). The van der Waals surface area contributed by atoms with Gasteiger partial charge in [-0.05, 0) is 42.3 Å². The Morgan fingerprint density at radius 1 is 1.26 bits per heavy atom. The molecule has 1 N–H and O–H groups in total. The van der Waals surface area contributed by atoms with E-state index in [0.717, 1.165) is 17.2 Å². The summed E-state index contributed by atoms with van der Waals surface area (Å²) in [5.41, 5.74) is 1.88. The van der Waals surface area contributed by atoms with Crippen molar-refractivity contribution >= 4 is 29.1 Å². The predicted octanol–water partition coefficient (Wildman–Crippen LogP) is 2.97. The van der Waals surface area contributed by atoms with Crippen LogP contribution in [0.4, 0.5) is 4.39 Å². The number of rotatable bonds is 5. The van der Waals surface area contributed by atoms with Crippen LogP contribution in [0.25, 0.3) is 0 Å². The van der Waals surface area contributed by atoms with E-state index in [4.69, 9.17) is 16.3 Å². The topological polar surface area (TPSA) is 72.5 Å². The second kappa shape index (κ2) is 7.88. The van der Waals surface area contributed by atoms with E-state index in [0.29, 0.717) is 11.3 Å². The number of carbonyl (C=O) groups is 3. The lowest BCUT2D eigenvalue weighted by atomic mass is 9.99. The van der Waals surface area contributed by atoms with Crippen LogP contribution in [-0.4, -0.2) is 24.1 Å². The van der Waals surface area contributed by atoms with Gasteiger partial charge < -0.3 is 10.1 Å². The van der Waals surface area contributed by atoms with Gasteiger partial charge in [0.1, 0.15) is 18.2 Å². The number of carbonyl (C=O) groups excluding carboxylic acids is 3. The first-order valence-corrected chi connectivity index (χ1v) is 8.76. The van der Waals surface area contributed by atoms with Crippen molar-refractivity contribution in [3.8, 4) is 5.75 Å². The Bertz CT molecular complexity index is 928. The molecule has 0 spiro atoms. The lowest BCUT2D eigenvalue weighted by Crippen LogP contribution is -2.34. The molecule has 0 aliphatic carbocycles. The molecule has 2 aromatic carbocycles. The Balaban J connectivity index is 1.64. The monoisotopic (exact) mass is 389 g/mol. The quantitative estimate of drug-likeness (QED) is 0.798. The van der Waals surface area contributed by atoms with Crippen molar-refractivity contribution in [2.75, 3.05) is 6.61 Å². The van der Waals surface area contributed by atoms with Crippen LogP contribution in [0.1, 0.15) is 29.7 Å². The van der Waals surface area contributed by atoms with Crippen molar-refractivity contribution in [1.29, 1.82) is 0 Å². The Morgan fingerprint density at radius 2 is 2.04 bits per heavy atom. The summed E-state index contributed by atoms with van der Waals surface area (Å²) >= 11 is 5.61. The lowest BCUT2D eigenvalue weighted by Gasteiger charge is -2.20. The Morgan fingerprint density at radius 3 is 2.78 bits per heavy atom. The number of benzene rings is 2. The molecule has 27 heavy (non-hydrogen) atoms. The molecule has 1 atom stereocenters. The lowest BCUT2D eigenvalue weighted by molar-refractivity contribution is -0.137. The van der Waals surface area contributed by atoms with Gasteiger partial charge in [-0.25, -0.2) is 4.39 Å². The minimum absolute atomic E-state index is 0.0123. The van der Waals surface area contributed by atoms with Crippen molar-refractivity contribution in [1.82, 2.24) is 5.32 Å². The zero-order chi connectivity index (χ0) is 19.6. The zero-order valence-electron chi connectivity index (χ0n) is 14.6. The first kappa shape index (κ1) is 19.0. The van der Waals surface area contributed by atoms with Crippen LogP contribution in [0.5, 0.6) is 5.75 Å². The molecule has 0 aromatic heterocycles. The molecule has 0 bridgehead atoms. The molecule has 0 fully saturated rings. The second-order valence-corrected chi connectivity index (χ2v) is 6.82. The van der Waals surface area contributed by atoms with Gasteiger partial charge in [-0.2, -0.15) is 0 Å². The predicted molar refractivity (Wildman–Crippen MR) is 97.3 cm³/mol. The number of ketones is 2. The minimum Gasteiger partial charge on any atom is -0.486 e. The van der Waals surface area contributed by atoms with Crippen LogP contribution in [0, 0.1) is 5.82 Å². The Hall–Kier alpha value is -2.73. The van der Waals surface area contributed by atoms with Crippen molar-refractivity contribution in [3.63, 3.8) is 0 Å². The maximum atomic E-state index is 13.4. The fourth-order valence-corrected chi connectivity index (χ4v) is 2.96. The summed E-state index contributed by atoms with van der Waals surface area (Å²) in [6.07, 6.45) is 0.0596. The normalized spacial score (nSPS) is 14.1. The molecule has 0 radical (unpaired) electrons. The summed E-state index contributed by atoms with van der Waals surface area (Å²) in [7, 11) is 0. The van der Waals surface area contributed by atoms with Gasteiger partial charge >= 0.3 is 0 Å². The van der Waals surface area contributed by atoms with Gasteiger partial charge in [-0.1, -0.05) is 23.7 Å². The summed E-state index contributed by atoms with van der Waals surface area (Å²) in [5.74, 6) is -1.44. The molecule has 1 heterocycles. The molecule has 5 nitrogen and oxygen atoms in total. The van der Waals surface area contributed by atoms with Gasteiger partial charge in [-0.15, -0.1) is 0 Å². The van der Waals surface area contributed by atoms with Gasteiger partial charge in [0, 0.05) is 18.4 Å². The molecule has 0 saturated heterocycles. The van der Waals surface area contributed by atoms with E-state index in [1.807, 2.05) is 0 Å². The smallest absolute Gasteiger partial charge is 0.288 e. The largest absolute Gasteiger partial charge is 0.486 e. The first-order valence-electron chi connectivity index (χ1n) is 8.38. The molecular weight excluding hydrogens is 373 g/mol. The van der Waals surface area contributed by atoms with E-state index in [1.165, 1.54) is 12.1 Å². The third-order valence-corrected chi connectivity index (χ3v) is 4.62. The zero-order valence-corrected chi connectivity index (χ0v) is 15.3. The highest BCUT2D eigenvalue weighted by Crippen LogP contribution is 2.27. The highest BCUT2D eigenvalue weighted by Gasteiger charge is 2.21. The summed E-state index contributed by atoms with van der Waals surface area (Å²) < 4.78 is 18.8. The third kappa shape index (κ3) is 4.52. The summed E-state index contributed by atoms with van der Waals surface area (Å²) in [5, 5.41) is 2.58. The van der Waals surface area contributed by atoms with E-state index in [1.54, 1.807) is 25.1 Å². The highest BCUT2D eigenvalue weighted by molar-refractivity contribution is 6.36. The number of halogens is 2. The SMILES string of the molecule is CC(NC(=O)C(=O)Cc1ccc(Cl)c(F)c1)c1ccc2c(c1)CC(=O)CO2. The number of ether oxygens (including phenoxy) is 1. The average Bonchev–Trinajstić information content (AvgIpc) is 2.64. The van der Waals surface area contributed by atoms with Gasteiger partial charge in [0.15, 0.2) is 5.78 Å². The molecule has 140 valence electrons. The Kier molecular flexibility index (Phi) is 5.56. The summed E-state index contributed by atoms with van der Waals surface area (Å²) in [4.78, 5) is 35.8. The van der Waals surface area contributed by atoms with Crippen molar-refractivity contribution < 1.29 is 23.5 Å². The van der Waals surface area contributed by atoms with E-state index in [2.05, 4.69) is 5.32 Å². The molecule has 0 saturated carbocycles. The van der Waals surface area contributed by atoms with E-state index < -0.39 is 23.5 Å². The van der Waals surface area contributed by atoms with Gasteiger partial charge in [0.05, 0.1) is 11.1 Å². The van der Waals surface area contributed by atoms with Crippen molar-refractivity contribution in [2.45, 2.75) is 25.8 Å². The number of nitrogens with one attached hydrogen (secondary N) is 1. The third-order valence-electron chi connectivity index (χ3n) is 4.31. The van der Waals surface area contributed by atoms with E-state index in [-0.39, 0.29) is 30.3 Å². The molecule has 1 aliphatic heterocycles. The summed E-state index contributed by atoms with van der Waals surface area (Å²) in [6.45, 7) is 1.80. The molecular formula is C20H17ClFNO4. The number of hydrogen-bond acceptors (Lipinski definition) is 4. The standard InChI is InChI=1S/C20H17ClFNO4/c1-11(13-3-5-19-14(8-13)9-15(24)10-27-19)23-20(26)18(25)7-12-2-4-16(21)17(22)6-12/h2-6,8,11H,7,9-10H2,1H3,(H,23,26). The number of hydrogen-bond donors (Lipinski definition) is 1. The minimum atomic E-state index is -0.761. The van der Waals surface area contributed by atoms with Crippen molar-refractivity contribution in [3.05, 3.63) is 63.9 Å². The van der Waals surface area contributed by atoms with E-state index >= 15 is 0 Å². The van der Waals surface area contributed by atoms with Crippen LogP contribution in [0.3, 0.4) is 0 Å². The fraction of sp³-hybridized carbons (Fsp3) is 0.250. The van der Waals surface area contributed by atoms with Gasteiger partial charge in [0.25, 0.3) is 5.91 Å². The average molecular weight is 390 g/mol. The number of Topliss-reactive ketones (excluding diaryl/α,β-unsaturated/α-hetero) is 2. The molecule has 1 unspecified atom stereocenters. The van der Waals surface area contributed by atoms with Crippen LogP contribution < -0.4 is 10.1 Å². The van der Waals surface area contributed by atoms with Crippen LogP contribution in [0.15, 0.2) is 36.4 Å². The van der Waals surface area contributed by atoms with Crippen molar-refractivity contribution in [2.24, 2.45) is 0 Å². The molecule has 7 heteroatoms. The number of amides is 1. The fourth-order valence-electron chi connectivity index (χ4n) is 2.85. The molecule has 1 aliphatic rings.